The summed E-state index contributed by atoms with van der Waals surface area (Å²) in [5, 5.41) is 0. The molecule has 0 spiro atoms. The van der Waals surface area contributed by atoms with Crippen LogP contribution in [-0.4, -0.2) is 72.3 Å². The van der Waals surface area contributed by atoms with Crippen molar-refractivity contribution < 1.29 is 27.6 Å². The predicted octanol–water partition coefficient (Wildman–Crippen LogP) is 2.15. The number of carbonyl (C=O) groups excluding carboxylic acids is 3. The molecule has 28 heavy (non-hydrogen) atoms. The van der Waals surface area contributed by atoms with E-state index in [1.807, 2.05) is 0 Å². The number of amides is 3. The summed E-state index contributed by atoms with van der Waals surface area (Å²) in [4.78, 5) is 40.1. The van der Waals surface area contributed by atoms with Gasteiger partial charge in [-0.3, -0.25) is 14.4 Å². The van der Waals surface area contributed by atoms with Crippen LogP contribution in [0.25, 0.3) is 0 Å². The molecule has 1 aromatic rings. The zero-order valence-electron chi connectivity index (χ0n) is 16.1. The van der Waals surface area contributed by atoms with Crippen molar-refractivity contribution in [3.63, 3.8) is 0 Å². The first kappa shape index (κ1) is 21.7. The van der Waals surface area contributed by atoms with Crippen LogP contribution in [0.2, 0.25) is 0 Å². The van der Waals surface area contributed by atoms with E-state index in [4.69, 9.17) is 0 Å². The quantitative estimate of drug-likeness (QED) is 0.737. The summed E-state index contributed by atoms with van der Waals surface area (Å²) < 4.78 is 37.6. The van der Waals surface area contributed by atoms with Gasteiger partial charge in [0.2, 0.25) is 11.8 Å². The van der Waals surface area contributed by atoms with Crippen LogP contribution >= 0.6 is 0 Å². The van der Waals surface area contributed by atoms with Crippen molar-refractivity contribution in [2.24, 2.45) is 5.92 Å². The fourth-order valence-electron chi connectivity index (χ4n) is 3.14. The number of likely N-dealkylation sites (tertiary alicyclic amines) is 1. The Labute approximate surface area is 161 Å². The molecule has 0 aromatic heterocycles. The van der Waals surface area contributed by atoms with Crippen LogP contribution in [0.3, 0.4) is 0 Å². The van der Waals surface area contributed by atoms with Crippen molar-refractivity contribution in [2.75, 3.05) is 33.7 Å². The second kappa shape index (κ2) is 8.62. The molecule has 1 atom stereocenters. The van der Waals surface area contributed by atoms with Gasteiger partial charge in [0, 0.05) is 45.7 Å². The van der Waals surface area contributed by atoms with Crippen molar-refractivity contribution in [3.05, 3.63) is 35.4 Å². The molecule has 6 nitrogen and oxygen atoms in total. The van der Waals surface area contributed by atoms with Crippen LogP contribution in [0.1, 0.15) is 29.3 Å². The van der Waals surface area contributed by atoms with E-state index in [-0.39, 0.29) is 31.3 Å². The Balaban J connectivity index is 2.02. The summed E-state index contributed by atoms with van der Waals surface area (Å²) in [6.45, 7) is 0.843. The molecule has 0 bridgehead atoms. The van der Waals surface area contributed by atoms with Gasteiger partial charge in [0.1, 0.15) is 6.54 Å². The molecule has 1 aromatic carbocycles. The normalized spacial score (nSPS) is 17.0. The first-order valence-electron chi connectivity index (χ1n) is 8.95. The Morgan fingerprint density at radius 1 is 1.18 bits per heavy atom. The van der Waals surface area contributed by atoms with Gasteiger partial charge in [-0.1, -0.05) is 12.1 Å². The number of benzene rings is 1. The van der Waals surface area contributed by atoms with E-state index in [1.165, 1.54) is 9.80 Å². The minimum absolute atomic E-state index is 0.135. The minimum Gasteiger partial charge on any atom is -0.345 e. The molecule has 1 unspecified atom stereocenters. The van der Waals surface area contributed by atoms with Crippen LogP contribution in [0.4, 0.5) is 13.2 Å². The summed E-state index contributed by atoms with van der Waals surface area (Å²) in [5.74, 6) is -1.90. The topological polar surface area (TPSA) is 60.9 Å². The maximum atomic E-state index is 12.7. The molecule has 0 saturated carbocycles. The number of hydrogen-bond acceptors (Lipinski definition) is 3. The van der Waals surface area contributed by atoms with Gasteiger partial charge in [-0.2, -0.15) is 13.2 Å². The van der Waals surface area contributed by atoms with Crippen LogP contribution in [0.5, 0.6) is 0 Å². The molecule has 154 valence electrons. The third-order valence-corrected chi connectivity index (χ3v) is 4.61. The van der Waals surface area contributed by atoms with Gasteiger partial charge >= 0.3 is 6.18 Å². The number of halogens is 3. The van der Waals surface area contributed by atoms with Crippen LogP contribution in [-0.2, 0) is 16.1 Å². The molecule has 0 N–H and O–H groups in total. The lowest BCUT2D eigenvalue weighted by Gasteiger charge is -2.25. The van der Waals surface area contributed by atoms with Gasteiger partial charge < -0.3 is 14.7 Å². The number of carbonyl (C=O) groups is 3. The molecule has 1 aliphatic heterocycles. The SMILES string of the molecule is CCN(Cc1ccc(C(=O)N(C)C)cc1)C(=O)C1CC(=O)N(CC(F)(F)F)C1. The van der Waals surface area contributed by atoms with Crippen LogP contribution in [0, 0.1) is 5.92 Å². The van der Waals surface area contributed by atoms with Crippen molar-refractivity contribution in [1.82, 2.24) is 14.7 Å². The standard InChI is InChI=1S/C19H24F3N3O3/c1-4-24(10-13-5-7-14(8-6-13)17(27)23(2)3)18(28)15-9-16(26)25(11-15)12-19(20,21)22/h5-8,15H,4,9-12H2,1-3H3. The molecule has 0 aliphatic carbocycles. The molecule has 1 heterocycles. The lowest BCUT2D eigenvalue weighted by Crippen LogP contribution is -2.38. The molecule has 2 rings (SSSR count). The van der Waals surface area contributed by atoms with Gasteiger partial charge in [0.25, 0.3) is 5.91 Å². The lowest BCUT2D eigenvalue weighted by molar-refractivity contribution is -0.157. The Bertz CT molecular complexity index is 732. The summed E-state index contributed by atoms with van der Waals surface area (Å²) in [6, 6.07) is 6.81. The number of alkyl halides is 3. The van der Waals surface area contributed by atoms with Gasteiger partial charge in [-0.15, -0.1) is 0 Å². The number of hydrogen-bond donors (Lipinski definition) is 0. The number of nitrogens with zero attached hydrogens (tertiary/aromatic N) is 3. The summed E-state index contributed by atoms with van der Waals surface area (Å²) in [7, 11) is 3.30. The molecular weight excluding hydrogens is 375 g/mol. The summed E-state index contributed by atoms with van der Waals surface area (Å²) in [6.07, 6.45) is -4.69. The fourth-order valence-corrected chi connectivity index (χ4v) is 3.14. The van der Waals surface area contributed by atoms with E-state index in [2.05, 4.69) is 0 Å². The smallest absolute Gasteiger partial charge is 0.345 e. The summed E-state index contributed by atoms with van der Waals surface area (Å²) in [5.41, 5.74) is 1.31. The van der Waals surface area contributed by atoms with Gasteiger partial charge in [-0.05, 0) is 24.6 Å². The van der Waals surface area contributed by atoms with Crippen molar-refractivity contribution >= 4 is 17.7 Å². The van der Waals surface area contributed by atoms with Crippen LogP contribution < -0.4 is 0 Å². The Morgan fingerprint density at radius 3 is 2.29 bits per heavy atom. The average molecular weight is 399 g/mol. The first-order valence-corrected chi connectivity index (χ1v) is 8.95. The zero-order valence-corrected chi connectivity index (χ0v) is 16.1. The first-order chi connectivity index (χ1) is 13.0. The predicted molar refractivity (Wildman–Crippen MR) is 96.3 cm³/mol. The Hall–Kier alpha value is -2.58. The molecule has 1 saturated heterocycles. The van der Waals surface area contributed by atoms with Gasteiger partial charge in [0.05, 0.1) is 5.92 Å². The van der Waals surface area contributed by atoms with Crippen molar-refractivity contribution in [1.29, 1.82) is 0 Å². The van der Waals surface area contributed by atoms with Gasteiger partial charge in [0.15, 0.2) is 0 Å². The van der Waals surface area contributed by atoms with E-state index in [9.17, 15) is 27.6 Å². The highest BCUT2D eigenvalue weighted by Gasteiger charge is 2.41. The fraction of sp³-hybridized carbons (Fsp3) is 0.526. The second-order valence-electron chi connectivity index (χ2n) is 7.04. The molecule has 1 aliphatic rings. The van der Waals surface area contributed by atoms with Crippen molar-refractivity contribution in [3.8, 4) is 0 Å². The number of rotatable bonds is 6. The second-order valence-corrected chi connectivity index (χ2v) is 7.04. The van der Waals surface area contributed by atoms with E-state index in [0.29, 0.717) is 17.0 Å². The third-order valence-electron chi connectivity index (χ3n) is 4.61. The van der Waals surface area contributed by atoms with E-state index in [1.54, 1.807) is 45.3 Å². The molecule has 9 heteroatoms. The molecule has 0 radical (unpaired) electrons. The largest absolute Gasteiger partial charge is 0.406 e. The van der Waals surface area contributed by atoms with E-state index < -0.39 is 24.5 Å². The van der Waals surface area contributed by atoms with E-state index >= 15 is 0 Å². The highest BCUT2D eigenvalue weighted by atomic mass is 19.4. The lowest BCUT2D eigenvalue weighted by atomic mass is 10.1. The highest BCUT2D eigenvalue weighted by Crippen LogP contribution is 2.25. The highest BCUT2D eigenvalue weighted by molar-refractivity contribution is 5.94. The minimum atomic E-state index is -4.48. The zero-order chi connectivity index (χ0) is 21.1. The maximum absolute atomic E-state index is 12.7. The third kappa shape index (κ3) is 5.46. The maximum Gasteiger partial charge on any atom is 0.406 e. The van der Waals surface area contributed by atoms with Crippen LogP contribution in [0.15, 0.2) is 24.3 Å². The Morgan fingerprint density at radius 2 is 1.79 bits per heavy atom. The van der Waals surface area contributed by atoms with Gasteiger partial charge in [-0.25, -0.2) is 0 Å². The Kier molecular flexibility index (Phi) is 6.69. The average Bonchev–Trinajstić information content (AvgIpc) is 2.97. The van der Waals surface area contributed by atoms with E-state index in [0.717, 1.165) is 5.56 Å². The monoisotopic (exact) mass is 399 g/mol. The summed E-state index contributed by atoms with van der Waals surface area (Å²) >= 11 is 0. The molecule has 1 fully saturated rings. The molecular formula is C19H24F3N3O3. The molecule has 3 amide bonds. The van der Waals surface area contributed by atoms with Crippen molar-refractivity contribution in [2.45, 2.75) is 26.1 Å².